The summed E-state index contributed by atoms with van der Waals surface area (Å²) >= 11 is 6.05. The topological polar surface area (TPSA) is 63.2 Å². The van der Waals surface area contributed by atoms with Crippen molar-refractivity contribution < 1.29 is 4.74 Å². The third-order valence-corrected chi connectivity index (χ3v) is 3.47. The largest absolute Gasteiger partial charge is 0.467 e. The monoisotopic (exact) mass is 307 g/mol. The maximum Gasteiger partial charge on any atom is 0.322 e. The molecular formula is C14H18ClN5O. The lowest BCUT2D eigenvalue weighted by Crippen LogP contribution is -2.24. The fraction of sp³-hybridized carbons (Fsp3) is 0.357. The second-order valence-electron chi connectivity index (χ2n) is 4.54. The zero-order chi connectivity index (χ0) is 15.4. The quantitative estimate of drug-likeness (QED) is 0.916. The van der Waals surface area contributed by atoms with Crippen LogP contribution in [0.1, 0.15) is 18.5 Å². The van der Waals surface area contributed by atoms with Gasteiger partial charge in [0.2, 0.25) is 11.9 Å². The Kier molecular flexibility index (Phi) is 4.80. The molecule has 1 aromatic carbocycles. The lowest BCUT2D eigenvalue weighted by Gasteiger charge is -2.25. The van der Waals surface area contributed by atoms with E-state index in [0.717, 1.165) is 5.56 Å². The molecule has 0 amide bonds. The van der Waals surface area contributed by atoms with Crippen LogP contribution in [0.15, 0.2) is 24.3 Å². The van der Waals surface area contributed by atoms with Crippen LogP contribution in [0.25, 0.3) is 0 Å². The van der Waals surface area contributed by atoms with E-state index in [2.05, 4.69) is 27.2 Å². The SMILES string of the molecule is CNc1nc(OC)nc(N(C)C(C)c2cccc(Cl)c2)n1. The normalized spacial score (nSPS) is 11.9. The van der Waals surface area contributed by atoms with Crippen LogP contribution in [0.4, 0.5) is 11.9 Å². The molecule has 1 aromatic heterocycles. The average Bonchev–Trinajstić information content (AvgIpc) is 2.52. The highest BCUT2D eigenvalue weighted by atomic mass is 35.5. The Bertz CT molecular complexity index is 600. The van der Waals surface area contributed by atoms with E-state index in [9.17, 15) is 0 Å². The van der Waals surface area contributed by atoms with Crippen molar-refractivity contribution in [3.8, 4) is 6.01 Å². The number of methoxy groups -OCH3 is 1. The molecule has 1 heterocycles. The molecule has 21 heavy (non-hydrogen) atoms. The molecule has 112 valence electrons. The second kappa shape index (κ2) is 6.58. The number of nitrogens with zero attached hydrogens (tertiary/aromatic N) is 4. The van der Waals surface area contributed by atoms with E-state index in [1.807, 2.05) is 36.2 Å². The van der Waals surface area contributed by atoms with Gasteiger partial charge < -0.3 is 15.0 Å². The van der Waals surface area contributed by atoms with Crippen molar-refractivity contribution in [2.75, 3.05) is 31.4 Å². The zero-order valence-corrected chi connectivity index (χ0v) is 13.2. The van der Waals surface area contributed by atoms with E-state index in [1.54, 1.807) is 7.05 Å². The smallest absolute Gasteiger partial charge is 0.322 e. The molecule has 1 N–H and O–H groups in total. The number of benzene rings is 1. The zero-order valence-electron chi connectivity index (χ0n) is 12.5. The summed E-state index contributed by atoms with van der Waals surface area (Å²) in [6.07, 6.45) is 0. The molecule has 0 radical (unpaired) electrons. The predicted octanol–water partition coefficient (Wildman–Crippen LogP) is 2.77. The molecule has 7 heteroatoms. The van der Waals surface area contributed by atoms with Crippen LogP contribution in [0.3, 0.4) is 0 Å². The summed E-state index contributed by atoms with van der Waals surface area (Å²) in [5.74, 6) is 0.987. The van der Waals surface area contributed by atoms with E-state index >= 15 is 0 Å². The first-order valence-corrected chi connectivity index (χ1v) is 6.89. The van der Waals surface area contributed by atoms with Gasteiger partial charge >= 0.3 is 6.01 Å². The minimum absolute atomic E-state index is 0.0560. The van der Waals surface area contributed by atoms with Crippen LogP contribution in [0.2, 0.25) is 5.02 Å². The summed E-state index contributed by atoms with van der Waals surface area (Å²) in [5, 5.41) is 3.60. The number of nitrogens with one attached hydrogen (secondary N) is 1. The number of anilines is 2. The third kappa shape index (κ3) is 3.52. The molecule has 0 saturated carbocycles. The van der Waals surface area contributed by atoms with Gasteiger partial charge in [0, 0.05) is 19.1 Å². The first-order valence-electron chi connectivity index (χ1n) is 6.51. The minimum atomic E-state index is 0.0560. The summed E-state index contributed by atoms with van der Waals surface area (Å²) in [6, 6.07) is 8.05. The van der Waals surface area contributed by atoms with Gasteiger partial charge in [-0.1, -0.05) is 23.7 Å². The molecule has 0 aliphatic heterocycles. The number of rotatable bonds is 5. The Morgan fingerprint density at radius 3 is 2.67 bits per heavy atom. The molecule has 0 saturated heterocycles. The van der Waals surface area contributed by atoms with E-state index < -0.39 is 0 Å². The summed E-state index contributed by atoms with van der Waals surface area (Å²) < 4.78 is 5.10. The van der Waals surface area contributed by atoms with Gasteiger partial charge in [0.15, 0.2) is 0 Å². The lowest BCUT2D eigenvalue weighted by atomic mass is 10.1. The van der Waals surface area contributed by atoms with Gasteiger partial charge in [-0.3, -0.25) is 0 Å². The molecule has 1 atom stereocenters. The maximum absolute atomic E-state index is 6.05. The molecular weight excluding hydrogens is 290 g/mol. The van der Waals surface area contributed by atoms with E-state index in [0.29, 0.717) is 16.9 Å². The van der Waals surface area contributed by atoms with E-state index in [-0.39, 0.29) is 12.1 Å². The highest BCUT2D eigenvalue weighted by Crippen LogP contribution is 2.25. The summed E-state index contributed by atoms with van der Waals surface area (Å²) in [6.45, 7) is 2.06. The summed E-state index contributed by atoms with van der Waals surface area (Å²) in [4.78, 5) is 14.7. The Morgan fingerprint density at radius 2 is 2.05 bits per heavy atom. The second-order valence-corrected chi connectivity index (χ2v) is 4.97. The van der Waals surface area contributed by atoms with Crippen LogP contribution in [-0.4, -0.2) is 36.2 Å². The number of hydrogen-bond donors (Lipinski definition) is 1. The number of halogens is 1. The molecule has 0 fully saturated rings. The molecule has 0 spiro atoms. The van der Waals surface area contributed by atoms with Crippen molar-refractivity contribution in [1.29, 1.82) is 0 Å². The highest BCUT2D eigenvalue weighted by Gasteiger charge is 2.17. The van der Waals surface area contributed by atoms with Crippen molar-refractivity contribution in [3.05, 3.63) is 34.9 Å². The Labute approximate surface area is 129 Å². The molecule has 2 rings (SSSR count). The number of hydrogen-bond acceptors (Lipinski definition) is 6. The predicted molar refractivity (Wildman–Crippen MR) is 84.2 cm³/mol. The Hall–Kier alpha value is -2.08. The van der Waals surface area contributed by atoms with Crippen molar-refractivity contribution >= 4 is 23.5 Å². The first-order chi connectivity index (χ1) is 10.0. The molecule has 0 aliphatic carbocycles. The minimum Gasteiger partial charge on any atom is -0.467 e. The third-order valence-electron chi connectivity index (χ3n) is 3.24. The molecule has 6 nitrogen and oxygen atoms in total. The van der Waals surface area contributed by atoms with Crippen molar-refractivity contribution in [2.24, 2.45) is 0 Å². The molecule has 2 aromatic rings. The lowest BCUT2D eigenvalue weighted by molar-refractivity contribution is 0.378. The molecule has 0 bridgehead atoms. The average molecular weight is 308 g/mol. The van der Waals surface area contributed by atoms with Gasteiger partial charge in [0.05, 0.1) is 13.2 Å². The van der Waals surface area contributed by atoms with Crippen molar-refractivity contribution in [3.63, 3.8) is 0 Å². The van der Waals surface area contributed by atoms with Crippen LogP contribution in [-0.2, 0) is 0 Å². The molecule has 0 aliphatic rings. The van der Waals surface area contributed by atoms with E-state index in [4.69, 9.17) is 16.3 Å². The van der Waals surface area contributed by atoms with Crippen LogP contribution in [0, 0.1) is 0 Å². The van der Waals surface area contributed by atoms with Crippen LogP contribution >= 0.6 is 11.6 Å². The number of ether oxygens (including phenoxy) is 1. The Balaban J connectivity index is 2.32. The van der Waals surface area contributed by atoms with Gasteiger partial charge in [0.25, 0.3) is 0 Å². The Morgan fingerprint density at radius 1 is 1.29 bits per heavy atom. The first kappa shape index (κ1) is 15.3. The fourth-order valence-electron chi connectivity index (χ4n) is 1.87. The van der Waals surface area contributed by atoms with Crippen molar-refractivity contribution in [2.45, 2.75) is 13.0 Å². The van der Waals surface area contributed by atoms with Crippen LogP contribution < -0.4 is 15.0 Å². The van der Waals surface area contributed by atoms with Crippen LogP contribution in [0.5, 0.6) is 6.01 Å². The van der Waals surface area contributed by atoms with Gasteiger partial charge in [0.1, 0.15) is 0 Å². The summed E-state index contributed by atoms with van der Waals surface area (Å²) in [7, 11) is 5.19. The van der Waals surface area contributed by atoms with E-state index in [1.165, 1.54) is 7.11 Å². The highest BCUT2D eigenvalue weighted by molar-refractivity contribution is 6.30. The van der Waals surface area contributed by atoms with Gasteiger partial charge in [-0.05, 0) is 24.6 Å². The van der Waals surface area contributed by atoms with Crippen molar-refractivity contribution in [1.82, 2.24) is 15.0 Å². The number of aromatic nitrogens is 3. The standard InChI is InChI=1S/C14H18ClN5O/c1-9(10-6-5-7-11(15)8-10)20(3)13-17-12(16-2)18-14(19-13)21-4/h5-9H,1-4H3,(H,16,17,18,19). The summed E-state index contributed by atoms with van der Waals surface area (Å²) in [5.41, 5.74) is 1.08. The van der Waals surface area contributed by atoms with Gasteiger partial charge in [-0.15, -0.1) is 0 Å². The van der Waals surface area contributed by atoms with Gasteiger partial charge in [-0.25, -0.2) is 0 Å². The van der Waals surface area contributed by atoms with Gasteiger partial charge in [-0.2, -0.15) is 15.0 Å². The maximum atomic E-state index is 6.05. The fourth-order valence-corrected chi connectivity index (χ4v) is 2.07. The molecule has 1 unspecified atom stereocenters.